The van der Waals surface area contributed by atoms with Gasteiger partial charge in [0.15, 0.2) is 0 Å². The smallest absolute Gasteiger partial charge is 0.0210 e. The fraction of sp³-hybridized carbons (Fsp3) is 1.00. The molecule has 2 atom stereocenters. The number of piperazine rings is 1. The van der Waals surface area contributed by atoms with E-state index in [-0.39, 0.29) is 0 Å². The SMILES string of the molecule is CNC(CC1CN(C)CCN1)C(C)(C)C. The summed E-state index contributed by atoms with van der Waals surface area (Å²) in [6, 6.07) is 1.22. The highest BCUT2D eigenvalue weighted by atomic mass is 15.2. The van der Waals surface area contributed by atoms with Crippen LogP contribution in [0.4, 0.5) is 0 Å². The lowest BCUT2D eigenvalue weighted by Gasteiger charge is -2.37. The van der Waals surface area contributed by atoms with E-state index in [0.717, 1.165) is 6.54 Å². The van der Waals surface area contributed by atoms with E-state index < -0.39 is 0 Å². The fourth-order valence-electron chi connectivity index (χ4n) is 2.34. The van der Waals surface area contributed by atoms with Crippen molar-refractivity contribution >= 4 is 0 Å². The maximum absolute atomic E-state index is 3.60. The molecule has 0 aromatic carbocycles. The Morgan fingerprint density at radius 3 is 2.60 bits per heavy atom. The van der Waals surface area contributed by atoms with Crippen LogP contribution in [0.15, 0.2) is 0 Å². The Hall–Kier alpha value is -0.120. The number of nitrogens with one attached hydrogen (secondary N) is 2. The standard InChI is InChI=1S/C12H27N3/c1-12(2,3)11(13-4)8-10-9-15(5)7-6-14-10/h10-11,13-14H,6-9H2,1-5H3. The molecule has 0 amide bonds. The van der Waals surface area contributed by atoms with Gasteiger partial charge in [-0.2, -0.15) is 0 Å². The van der Waals surface area contributed by atoms with Crippen molar-refractivity contribution in [3.63, 3.8) is 0 Å². The maximum Gasteiger partial charge on any atom is 0.0210 e. The highest BCUT2D eigenvalue weighted by Crippen LogP contribution is 2.23. The molecule has 1 rings (SSSR count). The Morgan fingerprint density at radius 1 is 1.47 bits per heavy atom. The first-order chi connectivity index (χ1) is 6.93. The maximum atomic E-state index is 3.60. The predicted octanol–water partition coefficient (Wildman–Crippen LogP) is 0.914. The topological polar surface area (TPSA) is 27.3 Å². The van der Waals surface area contributed by atoms with Crippen molar-refractivity contribution in [3.8, 4) is 0 Å². The molecule has 2 N–H and O–H groups in total. The van der Waals surface area contributed by atoms with Crippen LogP contribution in [0, 0.1) is 5.41 Å². The van der Waals surface area contributed by atoms with Crippen LogP contribution < -0.4 is 10.6 Å². The van der Waals surface area contributed by atoms with Gasteiger partial charge < -0.3 is 15.5 Å². The van der Waals surface area contributed by atoms with Gasteiger partial charge in [-0.3, -0.25) is 0 Å². The van der Waals surface area contributed by atoms with E-state index in [9.17, 15) is 0 Å². The molecule has 0 bridgehead atoms. The van der Waals surface area contributed by atoms with E-state index in [1.54, 1.807) is 0 Å². The van der Waals surface area contributed by atoms with Gasteiger partial charge >= 0.3 is 0 Å². The molecule has 1 aliphatic heterocycles. The minimum atomic E-state index is 0.340. The number of rotatable bonds is 3. The van der Waals surface area contributed by atoms with Crippen LogP contribution in [0.1, 0.15) is 27.2 Å². The highest BCUT2D eigenvalue weighted by Gasteiger charge is 2.27. The Labute approximate surface area is 94.6 Å². The quantitative estimate of drug-likeness (QED) is 0.730. The van der Waals surface area contributed by atoms with E-state index in [1.165, 1.54) is 19.5 Å². The number of hydrogen-bond acceptors (Lipinski definition) is 3. The Morgan fingerprint density at radius 2 is 2.13 bits per heavy atom. The summed E-state index contributed by atoms with van der Waals surface area (Å²) in [6.45, 7) is 10.4. The van der Waals surface area contributed by atoms with Crippen LogP contribution in [0.3, 0.4) is 0 Å². The van der Waals surface area contributed by atoms with E-state index in [2.05, 4.69) is 50.4 Å². The van der Waals surface area contributed by atoms with Crippen molar-refractivity contribution in [1.82, 2.24) is 15.5 Å². The van der Waals surface area contributed by atoms with Gasteiger partial charge in [-0.05, 0) is 25.9 Å². The van der Waals surface area contributed by atoms with Gasteiger partial charge in [-0.25, -0.2) is 0 Å². The zero-order valence-electron chi connectivity index (χ0n) is 10.9. The second kappa shape index (κ2) is 5.28. The molecule has 90 valence electrons. The second-order valence-corrected chi connectivity index (χ2v) is 5.86. The normalized spacial score (nSPS) is 26.6. The van der Waals surface area contributed by atoms with Gasteiger partial charge in [0, 0.05) is 31.7 Å². The molecule has 0 aromatic rings. The number of hydrogen-bond donors (Lipinski definition) is 2. The first-order valence-corrected chi connectivity index (χ1v) is 6.02. The molecule has 0 spiro atoms. The van der Waals surface area contributed by atoms with Gasteiger partial charge in [0.1, 0.15) is 0 Å². The zero-order chi connectivity index (χ0) is 11.5. The van der Waals surface area contributed by atoms with Crippen molar-refractivity contribution in [3.05, 3.63) is 0 Å². The summed E-state index contributed by atoms with van der Waals surface area (Å²) >= 11 is 0. The summed E-state index contributed by atoms with van der Waals surface area (Å²) in [5.41, 5.74) is 0.340. The monoisotopic (exact) mass is 213 g/mol. The van der Waals surface area contributed by atoms with Gasteiger partial charge in [-0.1, -0.05) is 20.8 Å². The first kappa shape index (κ1) is 12.9. The number of likely N-dealkylation sites (N-methyl/N-ethyl adjacent to an activating group) is 1. The average molecular weight is 213 g/mol. The molecule has 0 aromatic heterocycles. The third-order valence-electron chi connectivity index (χ3n) is 3.37. The molecule has 1 aliphatic rings. The van der Waals surface area contributed by atoms with Gasteiger partial charge in [-0.15, -0.1) is 0 Å². The third-order valence-corrected chi connectivity index (χ3v) is 3.37. The van der Waals surface area contributed by atoms with Crippen LogP contribution in [-0.4, -0.2) is 50.7 Å². The second-order valence-electron chi connectivity index (χ2n) is 5.86. The van der Waals surface area contributed by atoms with Crippen molar-refractivity contribution in [2.75, 3.05) is 33.7 Å². The molecular weight excluding hydrogens is 186 g/mol. The lowest BCUT2D eigenvalue weighted by Crippen LogP contribution is -2.53. The molecular formula is C12H27N3. The van der Waals surface area contributed by atoms with E-state index in [1.807, 2.05) is 0 Å². The Bertz CT molecular complexity index is 186. The summed E-state index contributed by atoms with van der Waals surface area (Å²) in [5, 5.41) is 7.05. The van der Waals surface area contributed by atoms with Gasteiger partial charge in [0.25, 0.3) is 0 Å². The molecule has 0 aliphatic carbocycles. The molecule has 0 saturated carbocycles. The summed E-state index contributed by atoms with van der Waals surface area (Å²) in [7, 11) is 4.28. The van der Waals surface area contributed by atoms with Crippen molar-refractivity contribution in [2.45, 2.75) is 39.3 Å². The summed E-state index contributed by atoms with van der Waals surface area (Å²) in [6.07, 6.45) is 1.21. The van der Waals surface area contributed by atoms with Crippen LogP contribution in [0.5, 0.6) is 0 Å². The number of nitrogens with zero attached hydrogens (tertiary/aromatic N) is 1. The van der Waals surface area contributed by atoms with Gasteiger partial charge in [0.2, 0.25) is 0 Å². The van der Waals surface area contributed by atoms with E-state index in [4.69, 9.17) is 0 Å². The van der Waals surface area contributed by atoms with Crippen molar-refractivity contribution < 1.29 is 0 Å². The highest BCUT2D eigenvalue weighted by molar-refractivity contribution is 4.87. The lowest BCUT2D eigenvalue weighted by molar-refractivity contribution is 0.186. The minimum Gasteiger partial charge on any atom is -0.316 e. The molecule has 1 saturated heterocycles. The molecule has 1 fully saturated rings. The summed E-state index contributed by atoms with van der Waals surface area (Å²) in [4.78, 5) is 2.41. The molecule has 2 unspecified atom stereocenters. The largest absolute Gasteiger partial charge is 0.316 e. The van der Waals surface area contributed by atoms with Crippen LogP contribution in [-0.2, 0) is 0 Å². The Balaban J connectivity index is 2.44. The van der Waals surface area contributed by atoms with Crippen LogP contribution in [0.2, 0.25) is 0 Å². The summed E-state index contributed by atoms with van der Waals surface area (Å²) < 4.78 is 0. The third kappa shape index (κ3) is 4.09. The lowest BCUT2D eigenvalue weighted by atomic mass is 9.83. The van der Waals surface area contributed by atoms with E-state index in [0.29, 0.717) is 17.5 Å². The molecule has 3 heteroatoms. The van der Waals surface area contributed by atoms with Crippen molar-refractivity contribution in [2.24, 2.45) is 5.41 Å². The van der Waals surface area contributed by atoms with E-state index >= 15 is 0 Å². The van der Waals surface area contributed by atoms with Crippen LogP contribution >= 0.6 is 0 Å². The zero-order valence-corrected chi connectivity index (χ0v) is 10.9. The van der Waals surface area contributed by atoms with Gasteiger partial charge in [0.05, 0.1) is 0 Å². The summed E-state index contributed by atoms with van der Waals surface area (Å²) in [5.74, 6) is 0. The minimum absolute atomic E-state index is 0.340. The fourth-order valence-corrected chi connectivity index (χ4v) is 2.34. The van der Waals surface area contributed by atoms with Crippen molar-refractivity contribution in [1.29, 1.82) is 0 Å². The molecule has 3 nitrogen and oxygen atoms in total. The predicted molar refractivity (Wildman–Crippen MR) is 66.2 cm³/mol. The van der Waals surface area contributed by atoms with Crippen LogP contribution in [0.25, 0.3) is 0 Å². The first-order valence-electron chi connectivity index (χ1n) is 6.02. The molecule has 0 radical (unpaired) electrons. The average Bonchev–Trinajstić information content (AvgIpc) is 2.12. The Kier molecular flexibility index (Phi) is 4.56. The molecule has 15 heavy (non-hydrogen) atoms. The molecule has 1 heterocycles.